The van der Waals surface area contributed by atoms with E-state index in [1.807, 2.05) is 18.2 Å². The van der Waals surface area contributed by atoms with Crippen LogP contribution in [0.25, 0.3) is 0 Å². The van der Waals surface area contributed by atoms with Gasteiger partial charge in [-0.3, -0.25) is 9.69 Å². The third-order valence-corrected chi connectivity index (χ3v) is 4.60. The van der Waals surface area contributed by atoms with Crippen molar-refractivity contribution in [1.82, 2.24) is 9.80 Å². The molecule has 1 saturated heterocycles. The predicted octanol–water partition coefficient (Wildman–Crippen LogP) is 1.47. The Morgan fingerprint density at radius 2 is 1.91 bits per heavy atom. The highest BCUT2D eigenvalue weighted by Gasteiger charge is 2.39. The Bertz CT molecular complexity index is 557. The topological polar surface area (TPSA) is 49.9 Å². The van der Waals surface area contributed by atoms with Gasteiger partial charge in [-0.15, -0.1) is 0 Å². The van der Waals surface area contributed by atoms with Crippen molar-refractivity contribution in [3.63, 3.8) is 0 Å². The van der Waals surface area contributed by atoms with Crippen molar-refractivity contribution in [1.29, 1.82) is 0 Å². The molecule has 1 unspecified atom stereocenters. The van der Waals surface area contributed by atoms with E-state index in [1.54, 1.807) is 11.8 Å². The molecular formula is C18H24N2O3. The van der Waals surface area contributed by atoms with Gasteiger partial charge in [0.15, 0.2) is 0 Å². The first-order valence-electron chi connectivity index (χ1n) is 8.44. The van der Waals surface area contributed by atoms with E-state index in [0.717, 1.165) is 19.5 Å². The van der Waals surface area contributed by atoms with Crippen LogP contribution in [0.5, 0.6) is 0 Å². The molecule has 23 heavy (non-hydrogen) atoms. The van der Waals surface area contributed by atoms with Gasteiger partial charge in [-0.05, 0) is 31.7 Å². The van der Waals surface area contributed by atoms with Crippen LogP contribution in [0.2, 0.25) is 0 Å². The van der Waals surface area contributed by atoms with Crippen molar-refractivity contribution in [2.45, 2.75) is 38.3 Å². The Labute approximate surface area is 137 Å². The maximum absolute atomic E-state index is 12.4. The minimum Gasteiger partial charge on any atom is -0.459 e. The number of esters is 1. The molecule has 0 radical (unpaired) electrons. The highest BCUT2D eigenvalue weighted by Crippen LogP contribution is 2.29. The molecule has 1 atom stereocenters. The zero-order valence-corrected chi connectivity index (χ0v) is 13.6. The first-order chi connectivity index (χ1) is 11.2. The average Bonchev–Trinajstić information content (AvgIpc) is 3.40. The van der Waals surface area contributed by atoms with Crippen molar-refractivity contribution in [2.75, 3.05) is 26.2 Å². The molecule has 5 heteroatoms. The number of carbonyl (C=O) groups is 2. The monoisotopic (exact) mass is 316 g/mol. The van der Waals surface area contributed by atoms with E-state index in [2.05, 4.69) is 17.0 Å². The quantitative estimate of drug-likeness (QED) is 0.623. The van der Waals surface area contributed by atoms with Crippen molar-refractivity contribution in [3.8, 4) is 0 Å². The first-order valence-corrected chi connectivity index (χ1v) is 8.44. The Hall–Kier alpha value is -1.88. The van der Waals surface area contributed by atoms with Crippen LogP contribution in [0.1, 0.15) is 25.3 Å². The van der Waals surface area contributed by atoms with Gasteiger partial charge in [0.2, 0.25) is 0 Å². The number of carbonyl (C=O) groups excluding carboxylic acids is 2. The molecule has 2 aliphatic rings. The van der Waals surface area contributed by atoms with E-state index in [4.69, 9.17) is 4.74 Å². The average molecular weight is 316 g/mol. The smallest absolute Gasteiger partial charge is 0.397 e. The molecule has 1 aliphatic carbocycles. The summed E-state index contributed by atoms with van der Waals surface area (Å²) in [5, 5.41) is 0. The Morgan fingerprint density at radius 1 is 1.17 bits per heavy atom. The van der Waals surface area contributed by atoms with Crippen LogP contribution in [0.3, 0.4) is 0 Å². The van der Waals surface area contributed by atoms with E-state index in [-0.39, 0.29) is 12.6 Å². The van der Waals surface area contributed by atoms with Crippen molar-refractivity contribution < 1.29 is 14.3 Å². The predicted molar refractivity (Wildman–Crippen MR) is 86.9 cm³/mol. The fourth-order valence-electron chi connectivity index (χ4n) is 3.29. The number of rotatable bonds is 4. The number of amides is 1. The van der Waals surface area contributed by atoms with Crippen LogP contribution in [0.4, 0.5) is 0 Å². The largest absolute Gasteiger partial charge is 0.459 e. The van der Waals surface area contributed by atoms with E-state index in [1.165, 1.54) is 18.4 Å². The Kier molecular flexibility index (Phi) is 4.96. The van der Waals surface area contributed by atoms with Gasteiger partial charge in [-0.1, -0.05) is 30.3 Å². The highest BCUT2D eigenvalue weighted by atomic mass is 16.5. The fourth-order valence-corrected chi connectivity index (χ4v) is 3.29. The van der Waals surface area contributed by atoms with Crippen molar-refractivity contribution in [3.05, 3.63) is 35.9 Å². The van der Waals surface area contributed by atoms with Crippen molar-refractivity contribution >= 4 is 11.9 Å². The van der Waals surface area contributed by atoms with Gasteiger partial charge in [0.1, 0.15) is 0 Å². The highest BCUT2D eigenvalue weighted by molar-refractivity contribution is 6.32. The zero-order valence-electron chi connectivity index (χ0n) is 13.6. The number of hydrogen-bond donors (Lipinski definition) is 0. The number of benzene rings is 1. The van der Waals surface area contributed by atoms with Gasteiger partial charge < -0.3 is 9.64 Å². The summed E-state index contributed by atoms with van der Waals surface area (Å²) in [4.78, 5) is 28.4. The summed E-state index contributed by atoms with van der Waals surface area (Å²) in [6.45, 7) is 4.24. The second-order valence-corrected chi connectivity index (χ2v) is 6.29. The molecule has 1 aromatic carbocycles. The lowest BCUT2D eigenvalue weighted by molar-refractivity contribution is -0.162. The standard InChI is InChI=1S/C18H24N2O3/c1-2-23-18(22)17(21)20-11-10-19(15-8-9-15)13-16(20)12-14-6-4-3-5-7-14/h3-7,15-16H,2,8-13H2,1H3. The Balaban J connectivity index is 1.72. The van der Waals surface area contributed by atoms with E-state index in [9.17, 15) is 9.59 Å². The second-order valence-electron chi connectivity index (χ2n) is 6.29. The molecule has 124 valence electrons. The zero-order chi connectivity index (χ0) is 16.2. The summed E-state index contributed by atoms with van der Waals surface area (Å²) >= 11 is 0. The third kappa shape index (κ3) is 3.91. The number of piperazine rings is 1. The molecule has 5 nitrogen and oxygen atoms in total. The fraction of sp³-hybridized carbons (Fsp3) is 0.556. The molecule has 0 N–H and O–H groups in total. The molecule has 0 spiro atoms. The maximum atomic E-state index is 12.4. The number of ether oxygens (including phenoxy) is 1. The molecule has 1 aliphatic heterocycles. The van der Waals surface area contributed by atoms with Gasteiger partial charge in [-0.25, -0.2) is 4.79 Å². The van der Waals surface area contributed by atoms with Crippen LogP contribution < -0.4 is 0 Å². The molecule has 1 saturated carbocycles. The van der Waals surface area contributed by atoms with Crippen LogP contribution >= 0.6 is 0 Å². The summed E-state index contributed by atoms with van der Waals surface area (Å²) in [5.74, 6) is -1.23. The SMILES string of the molecule is CCOC(=O)C(=O)N1CCN(C2CC2)CC1Cc1ccccc1. The molecule has 0 aromatic heterocycles. The molecular weight excluding hydrogens is 292 g/mol. The molecule has 1 aromatic rings. The first kappa shape index (κ1) is 16.0. The second kappa shape index (κ2) is 7.13. The molecule has 2 fully saturated rings. The van der Waals surface area contributed by atoms with Crippen LogP contribution in [0.15, 0.2) is 30.3 Å². The van der Waals surface area contributed by atoms with Gasteiger partial charge >= 0.3 is 11.9 Å². The van der Waals surface area contributed by atoms with E-state index < -0.39 is 11.9 Å². The molecule has 0 bridgehead atoms. The van der Waals surface area contributed by atoms with Gasteiger partial charge in [0.25, 0.3) is 0 Å². The van der Waals surface area contributed by atoms with E-state index >= 15 is 0 Å². The Morgan fingerprint density at radius 3 is 2.57 bits per heavy atom. The summed E-state index contributed by atoms with van der Waals surface area (Å²) in [6.07, 6.45) is 3.28. The minimum atomic E-state index is -0.731. The molecule has 1 amide bonds. The molecule has 3 rings (SSSR count). The summed E-state index contributed by atoms with van der Waals surface area (Å²) in [6, 6.07) is 10.9. The van der Waals surface area contributed by atoms with Gasteiger partial charge in [0.05, 0.1) is 6.61 Å². The van der Waals surface area contributed by atoms with Gasteiger partial charge in [0, 0.05) is 31.7 Å². The third-order valence-electron chi connectivity index (χ3n) is 4.60. The van der Waals surface area contributed by atoms with E-state index in [0.29, 0.717) is 12.6 Å². The summed E-state index contributed by atoms with van der Waals surface area (Å²) in [7, 11) is 0. The van der Waals surface area contributed by atoms with Crippen LogP contribution in [-0.4, -0.2) is 60.0 Å². The number of hydrogen-bond acceptors (Lipinski definition) is 4. The summed E-state index contributed by atoms with van der Waals surface area (Å²) < 4.78 is 4.90. The lowest BCUT2D eigenvalue weighted by Gasteiger charge is -2.41. The maximum Gasteiger partial charge on any atom is 0.397 e. The molecule has 1 heterocycles. The van der Waals surface area contributed by atoms with Gasteiger partial charge in [-0.2, -0.15) is 0 Å². The van der Waals surface area contributed by atoms with Crippen LogP contribution in [0, 0.1) is 0 Å². The normalized spacial score (nSPS) is 22.0. The lowest BCUT2D eigenvalue weighted by Crippen LogP contribution is -2.58. The minimum absolute atomic E-state index is 0.0312. The summed E-state index contributed by atoms with van der Waals surface area (Å²) in [5.41, 5.74) is 1.19. The lowest BCUT2D eigenvalue weighted by atomic mass is 10.0. The van der Waals surface area contributed by atoms with Crippen molar-refractivity contribution in [2.24, 2.45) is 0 Å². The number of nitrogens with zero attached hydrogens (tertiary/aromatic N) is 2. The van der Waals surface area contributed by atoms with Crippen LogP contribution in [-0.2, 0) is 20.7 Å².